The van der Waals surface area contributed by atoms with E-state index >= 15 is 0 Å². The Balaban J connectivity index is 1.91. The Bertz CT molecular complexity index is 580. The van der Waals surface area contributed by atoms with E-state index in [2.05, 4.69) is 15.3 Å². The molecule has 0 aliphatic carbocycles. The zero-order valence-corrected chi connectivity index (χ0v) is 9.98. The van der Waals surface area contributed by atoms with E-state index in [1.165, 1.54) is 18.3 Å². The van der Waals surface area contributed by atoms with E-state index in [-0.39, 0.29) is 23.7 Å². The highest BCUT2D eigenvalue weighted by molar-refractivity contribution is 5.92. The summed E-state index contributed by atoms with van der Waals surface area (Å²) in [5.41, 5.74) is 0.0832. The van der Waals surface area contributed by atoms with Crippen LogP contribution in [-0.2, 0) is 11.3 Å². The number of carbonyl (C=O) groups is 2. The number of aromatic nitrogens is 3. The van der Waals surface area contributed by atoms with Crippen LogP contribution in [0.4, 0.5) is 5.82 Å². The highest BCUT2D eigenvalue weighted by atomic mass is 16.4. The van der Waals surface area contributed by atoms with E-state index in [4.69, 9.17) is 5.11 Å². The normalized spacial score (nSPS) is 10.1. The third-order valence-electron chi connectivity index (χ3n) is 2.43. The van der Waals surface area contributed by atoms with E-state index < -0.39 is 5.97 Å². The van der Waals surface area contributed by atoms with Crippen molar-refractivity contribution in [3.8, 4) is 0 Å². The third-order valence-corrected chi connectivity index (χ3v) is 2.43. The van der Waals surface area contributed by atoms with Crippen molar-refractivity contribution in [1.29, 1.82) is 0 Å². The molecule has 2 rings (SSSR count). The molecule has 0 saturated heterocycles. The zero-order valence-electron chi connectivity index (χ0n) is 9.98. The van der Waals surface area contributed by atoms with Gasteiger partial charge in [-0.15, -0.1) is 0 Å². The number of carbonyl (C=O) groups excluding carboxylic acids is 1. The number of nitrogens with one attached hydrogen (secondary N) is 1. The van der Waals surface area contributed by atoms with Gasteiger partial charge in [0, 0.05) is 31.6 Å². The van der Waals surface area contributed by atoms with Crippen LogP contribution in [-0.4, -0.2) is 31.5 Å². The summed E-state index contributed by atoms with van der Waals surface area (Å²) >= 11 is 0. The molecule has 7 nitrogen and oxygen atoms in total. The van der Waals surface area contributed by atoms with E-state index in [1.54, 1.807) is 23.3 Å². The number of nitrogens with zero attached hydrogens (tertiary/aromatic N) is 3. The van der Waals surface area contributed by atoms with E-state index in [9.17, 15) is 9.59 Å². The SMILES string of the molecule is O=C(CCn1ccnc1)Nc1cc(C(=O)O)ccn1. The molecule has 2 heterocycles. The number of hydrogen-bond acceptors (Lipinski definition) is 4. The fraction of sp³-hybridized carbons (Fsp3) is 0.167. The molecule has 0 fully saturated rings. The molecular weight excluding hydrogens is 248 g/mol. The molecule has 2 N–H and O–H groups in total. The first-order chi connectivity index (χ1) is 9.15. The molecule has 0 aliphatic rings. The van der Waals surface area contributed by atoms with Crippen molar-refractivity contribution in [1.82, 2.24) is 14.5 Å². The first-order valence-electron chi connectivity index (χ1n) is 5.60. The second-order valence-electron chi connectivity index (χ2n) is 3.83. The Hall–Kier alpha value is -2.70. The van der Waals surface area contributed by atoms with Crippen molar-refractivity contribution in [2.45, 2.75) is 13.0 Å². The van der Waals surface area contributed by atoms with Gasteiger partial charge in [-0.3, -0.25) is 4.79 Å². The van der Waals surface area contributed by atoms with Crippen LogP contribution in [0, 0.1) is 0 Å². The molecular formula is C12H12N4O3. The molecule has 0 unspecified atom stereocenters. The smallest absolute Gasteiger partial charge is 0.335 e. The van der Waals surface area contributed by atoms with Gasteiger partial charge in [0.2, 0.25) is 5.91 Å². The van der Waals surface area contributed by atoms with Crippen LogP contribution >= 0.6 is 0 Å². The lowest BCUT2D eigenvalue weighted by Gasteiger charge is -2.05. The molecule has 19 heavy (non-hydrogen) atoms. The van der Waals surface area contributed by atoms with Gasteiger partial charge in [-0.2, -0.15) is 0 Å². The highest BCUT2D eigenvalue weighted by Gasteiger charge is 2.07. The fourth-order valence-electron chi connectivity index (χ4n) is 1.49. The van der Waals surface area contributed by atoms with Crippen LogP contribution in [0.2, 0.25) is 0 Å². The van der Waals surface area contributed by atoms with Gasteiger partial charge in [-0.25, -0.2) is 14.8 Å². The minimum Gasteiger partial charge on any atom is -0.478 e. The second kappa shape index (κ2) is 5.76. The van der Waals surface area contributed by atoms with Gasteiger partial charge in [0.25, 0.3) is 0 Å². The number of rotatable bonds is 5. The van der Waals surface area contributed by atoms with Crippen LogP contribution in [0.3, 0.4) is 0 Å². The van der Waals surface area contributed by atoms with Crippen molar-refractivity contribution >= 4 is 17.7 Å². The Kier molecular flexibility index (Phi) is 3.87. The van der Waals surface area contributed by atoms with E-state index in [0.717, 1.165) is 0 Å². The fourth-order valence-corrected chi connectivity index (χ4v) is 1.49. The lowest BCUT2D eigenvalue weighted by molar-refractivity contribution is -0.116. The lowest BCUT2D eigenvalue weighted by atomic mass is 10.2. The molecule has 0 aromatic carbocycles. The topological polar surface area (TPSA) is 97.1 Å². The summed E-state index contributed by atoms with van der Waals surface area (Å²) in [4.78, 5) is 30.2. The average Bonchev–Trinajstić information content (AvgIpc) is 2.90. The van der Waals surface area contributed by atoms with Gasteiger partial charge in [0.15, 0.2) is 0 Å². The van der Waals surface area contributed by atoms with Crippen LogP contribution in [0.1, 0.15) is 16.8 Å². The monoisotopic (exact) mass is 260 g/mol. The number of pyridine rings is 1. The van der Waals surface area contributed by atoms with Crippen molar-refractivity contribution in [3.63, 3.8) is 0 Å². The molecule has 1 amide bonds. The van der Waals surface area contributed by atoms with Gasteiger partial charge in [-0.1, -0.05) is 0 Å². The maximum Gasteiger partial charge on any atom is 0.335 e. The number of aromatic carboxylic acids is 1. The maximum absolute atomic E-state index is 11.7. The predicted molar refractivity (Wildman–Crippen MR) is 66.7 cm³/mol. The molecule has 0 saturated carbocycles. The van der Waals surface area contributed by atoms with Gasteiger partial charge in [0.05, 0.1) is 11.9 Å². The Labute approximate surface area is 108 Å². The minimum atomic E-state index is -1.06. The van der Waals surface area contributed by atoms with Crippen LogP contribution < -0.4 is 5.32 Å². The molecule has 7 heteroatoms. The van der Waals surface area contributed by atoms with Crippen LogP contribution in [0.15, 0.2) is 37.1 Å². The van der Waals surface area contributed by atoms with Crippen molar-refractivity contribution in [2.24, 2.45) is 0 Å². The summed E-state index contributed by atoms with van der Waals surface area (Å²) in [6.07, 6.45) is 6.62. The van der Waals surface area contributed by atoms with Gasteiger partial charge < -0.3 is 15.0 Å². The number of aryl methyl sites for hydroxylation is 1. The predicted octanol–water partition coefficient (Wildman–Crippen LogP) is 1.01. The van der Waals surface area contributed by atoms with Gasteiger partial charge >= 0.3 is 5.97 Å². The van der Waals surface area contributed by atoms with E-state index in [0.29, 0.717) is 6.54 Å². The van der Waals surface area contributed by atoms with Crippen molar-refractivity contribution in [2.75, 3.05) is 5.32 Å². The molecule has 0 atom stereocenters. The standard InChI is InChI=1S/C12H12N4O3/c17-11(2-5-16-6-4-13-8-16)15-10-7-9(12(18)19)1-3-14-10/h1,3-4,6-8H,2,5H2,(H,18,19)(H,14,15,17). The summed E-state index contributed by atoms with van der Waals surface area (Å²) in [5.74, 6) is -1.06. The maximum atomic E-state index is 11.7. The summed E-state index contributed by atoms with van der Waals surface area (Å²) < 4.78 is 1.78. The lowest BCUT2D eigenvalue weighted by Crippen LogP contribution is -2.15. The zero-order chi connectivity index (χ0) is 13.7. The van der Waals surface area contributed by atoms with Gasteiger partial charge in [0.1, 0.15) is 5.82 Å². The Morgan fingerprint density at radius 1 is 1.37 bits per heavy atom. The number of anilines is 1. The Morgan fingerprint density at radius 3 is 2.89 bits per heavy atom. The molecule has 0 spiro atoms. The summed E-state index contributed by atoms with van der Waals surface area (Å²) in [6, 6.07) is 2.68. The number of hydrogen-bond donors (Lipinski definition) is 2. The molecule has 0 aliphatic heterocycles. The van der Waals surface area contributed by atoms with E-state index in [1.807, 2.05) is 0 Å². The number of carboxylic acid groups (broad SMARTS) is 1. The molecule has 0 radical (unpaired) electrons. The van der Waals surface area contributed by atoms with Crippen molar-refractivity contribution < 1.29 is 14.7 Å². The Morgan fingerprint density at radius 2 is 2.21 bits per heavy atom. The number of imidazole rings is 1. The third kappa shape index (κ3) is 3.63. The van der Waals surface area contributed by atoms with Crippen LogP contribution in [0.25, 0.3) is 0 Å². The summed E-state index contributed by atoms with van der Waals surface area (Å²) in [7, 11) is 0. The highest BCUT2D eigenvalue weighted by Crippen LogP contribution is 2.07. The summed E-state index contributed by atoms with van der Waals surface area (Å²) in [6.45, 7) is 0.504. The summed E-state index contributed by atoms with van der Waals surface area (Å²) in [5, 5.41) is 11.4. The largest absolute Gasteiger partial charge is 0.478 e. The number of carboxylic acids is 1. The van der Waals surface area contributed by atoms with Crippen LogP contribution in [0.5, 0.6) is 0 Å². The second-order valence-corrected chi connectivity index (χ2v) is 3.83. The molecule has 0 bridgehead atoms. The first kappa shape index (κ1) is 12.7. The number of amides is 1. The molecule has 98 valence electrons. The first-order valence-corrected chi connectivity index (χ1v) is 5.60. The van der Waals surface area contributed by atoms with Gasteiger partial charge in [-0.05, 0) is 12.1 Å². The molecule has 2 aromatic rings. The molecule has 2 aromatic heterocycles. The quantitative estimate of drug-likeness (QED) is 0.836. The average molecular weight is 260 g/mol. The van der Waals surface area contributed by atoms with Crippen molar-refractivity contribution in [3.05, 3.63) is 42.6 Å². The minimum absolute atomic E-state index is 0.0832.